The molecule has 5 atom stereocenters. The molecule has 2 rings (SSSR count). The van der Waals surface area contributed by atoms with Gasteiger partial charge in [-0.1, -0.05) is 0 Å². The van der Waals surface area contributed by atoms with E-state index in [0.717, 1.165) is 0 Å². The number of nitrogens with one attached hydrogen (secondary N) is 4. The predicted molar refractivity (Wildman–Crippen MR) is 170 cm³/mol. The Bertz CT molecular complexity index is 1440. The highest BCUT2D eigenvalue weighted by molar-refractivity contribution is 7.46. The highest BCUT2D eigenvalue weighted by atomic mass is 31.2. The molecule has 23 heteroatoms. The fourth-order valence-electron chi connectivity index (χ4n) is 4.70. The second kappa shape index (κ2) is 20.9. The number of aliphatic hydroxyl groups excluding tert-OH is 2. The van der Waals surface area contributed by atoms with Crippen LogP contribution < -0.4 is 27.4 Å². The van der Waals surface area contributed by atoms with E-state index in [0.29, 0.717) is 37.9 Å². The van der Waals surface area contributed by atoms with E-state index in [-0.39, 0.29) is 25.8 Å². The number of esters is 2. The maximum absolute atomic E-state index is 13.4. The number of aromatic amines is 1. The highest BCUT2D eigenvalue weighted by Crippen LogP contribution is 2.42. The first-order valence-electron chi connectivity index (χ1n) is 15.8. The first-order chi connectivity index (χ1) is 24.1. The summed E-state index contributed by atoms with van der Waals surface area (Å²) in [4.78, 5) is 100. The summed E-state index contributed by atoms with van der Waals surface area (Å²) in [6.45, 7) is -0.416. The highest BCUT2D eigenvalue weighted by Gasteiger charge is 2.45. The van der Waals surface area contributed by atoms with Gasteiger partial charge in [-0.25, -0.2) is 19.1 Å². The Morgan fingerprint density at radius 3 is 2.12 bits per heavy atom. The summed E-state index contributed by atoms with van der Waals surface area (Å²) in [6.07, 6.45) is -0.197. The molecule has 1 aliphatic heterocycles. The third kappa shape index (κ3) is 14.7. The van der Waals surface area contributed by atoms with Gasteiger partial charge in [0.05, 0.1) is 19.4 Å². The van der Waals surface area contributed by atoms with Gasteiger partial charge in [0.2, 0.25) is 23.8 Å². The van der Waals surface area contributed by atoms with Crippen LogP contribution in [-0.4, -0.2) is 121 Å². The molecule has 0 spiro atoms. The second-order valence-electron chi connectivity index (χ2n) is 11.3. The smallest absolute Gasteiger partial charge is 0.505 e. The molecule has 0 radical (unpaired) electrons. The summed E-state index contributed by atoms with van der Waals surface area (Å²) in [5, 5.41) is 36.8. The van der Waals surface area contributed by atoms with E-state index in [1.165, 1.54) is 12.5 Å². The number of nitrogens with zero attached hydrogens (tertiary/aromatic N) is 1. The molecule has 0 saturated heterocycles. The molecule has 5 unspecified atom stereocenters. The number of cyclic esters (lactones) is 1. The summed E-state index contributed by atoms with van der Waals surface area (Å²) in [5.41, 5.74) is 11.5. The van der Waals surface area contributed by atoms with Crippen molar-refractivity contribution in [2.24, 2.45) is 11.5 Å². The minimum absolute atomic E-state index is 0.0682. The van der Waals surface area contributed by atoms with Crippen molar-refractivity contribution in [2.75, 3.05) is 19.7 Å². The normalized spacial score (nSPS) is 16.7. The fourth-order valence-corrected chi connectivity index (χ4v) is 5.11. The minimum Gasteiger partial charge on any atom is -0.505 e. The van der Waals surface area contributed by atoms with Gasteiger partial charge in [0.15, 0.2) is 11.9 Å². The zero-order chi connectivity index (χ0) is 38.1. The van der Waals surface area contributed by atoms with E-state index < -0.39 is 105 Å². The minimum atomic E-state index is -5.29. The van der Waals surface area contributed by atoms with Crippen molar-refractivity contribution < 1.29 is 72.4 Å². The number of aromatic nitrogens is 2. The molecule has 13 N–H and O–H groups in total. The third-order valence-electron chi connectivity index (χ3n) is 7.26. The Balaban J connectivity index is 2.09. The van der Waals surface area contributed by atoms with Gasteiger partial charge in [-0.3, -0.25) is 29.0 Å². The number of unbranched alkanes of at least 4 members (excludes halogenated alkanes) is 2. The van der Waals surface area contributed by atoms with Gasteiger partial charge in [-0.2, -0.15) is 0 Å². The average Bonchev–Trinajstić information content (AvgIpc) is 3.68. The number of carbonyl (C=O) groups excluding carboxylic acids is 5. The Morgan fingerprint density at radius 2 is 1.57 bits per heavy atom. The van der Waals surface area contributed by atoms with Crippen LogP contribution in [0.25, 0.3) is 0 Å². The summed E-state index contributed by atoms with van der Waals surface area (Å²) >= 11 is 0. The molecule has 1 aromatic rings. The molecule has 1 aromatic heterocycles. The largest absolute Gasteiger partial charge is 0.525 e. The molecule has 0 saturated carbocycles. The van der Waals surface area contributed by atoms with Crippen LogP contribution in [0.3, 0.4) is 0 Å². The van der Waals surface area contributed by atoms with Crippen LogP contribution >= 0.6 is 7.82 Å². The first kappa shape index (κ1) is 42.6. The number of carboxylic acids is 1. The number of H-pyrrole nitrogens is 1. The maximum atomic E-state index is 13.4. The number of nitrogens with two attached hydrogens (primary N) is 2. The number of amides is 3. The lowest BCUT2D eigenvalue weighted by Gasteiger charge is -2.24. The molecule has 0 aromatic carbocycles. The lowest BCUT2D eigenvalue weighted by molar-refractivity contribution is -0.165. The van der Waals surface area contributed by atoms with Crippen LogP contribution in [-0.2, 0) is 53.8 Å². The number of hydrogen-bond acceptors (Lipinski definition) is 15. The monoisotopic (exact) mass is 749 g/mol. The lowest BCUT2D eigenvalue weighted by Crippen LogP contribution is -2.56. The van der Waals surface area contributed by atoms with Crippen molar-refractivity contribution in [2.45, 2.75) is 88.1 Å². The molecular weight excluding hydrogens is 705 g/mol. The zero-order valence-electron chi connectivity index (χ0n) is 27.4. The van der Waals surface area contributed by atoms with Crippen molar-refractivity contribution in [3.05, 3.63) is 29.7 Å². The van der Waals surface area contributed by atoms with Crippen LogP contribution in [0.1, 0.15) is 57.1 Å². The number of ether oxygens (including phenoxy) is 2. The van der Waals surface area contributed by atoms with Gasteiger partial charge in [0, 0.05) is 24.7 Å². The van der Waals surface area contributed by atoms with Crippen molar-refractivity contribution in [1.29, 1.82) is 0 Å². The number of carbonyl (C=O) groups is 6. The molecule has 3 amide bonds. The fraction of sp³-hybridized carbons (Fsp3) is 0.607. The molecule has 22 nitrogen and oxygen atoms in total. The molecule has 286 valence electrons. The molecule has 0 bridgehead atoms. The van der Waals surface area contributed by atoms with Gasteiger partial charge >= 0.3 is 25.7 Å². The standard InChI is InChI=1S/C28H44N7O15P/c29-9-3-1-5-16(25(40)35-18(11-15-12-31-14-32-15)26(41)34-17(27(42)43)6-2-4-10-30)33-20(37)7-8-21(38)48-19(13-36)23-22(39)24(28(44)49-23)50-51(45,46)47/h12,14,16-19,23,36,39H,1-11,13,29-30H2,(H,31,32)(H,33,37)(H,34,41)(H,35,40)(H,42,43)(H2,45,46,47). The molecule has 0 aliphatic carbocycles. The number of aliphatic carboxylic acids is 1. The van der Waals surface area contributed by atoms with E-state index in [1.54, 1.807) is 0 Å². The molecular formula is C28H44N7O15P. The molecule has 1 aliphatic rings. The second-order valence-corrected chi connectivity index (χ2v) is 12.4. The van der Waals surface area contributed by atoms with Crippen molar-refractivity contribution in [1.82, 2.24) is 25.9 Å². The third-order valence-corrected chi connectivity index (χ3v) is 7.68. The van der Waals surface area contributed by atoms with E-state index in [4.69, 9.17) is 30.7 Å². The van der Waals surface area contributed by atoms with Crippen molar-refractivity contribution in [3.63, 3.8) is 0 Å². The quantitative estimate of drug-likeness (QED) is 0.0289. The summed E-state index contributed by atoms with van der Waals surface area (Å²) in [7, 11) is -5.29. The topological polar surface area (TPSA) is 365 Å². The van der Waals surface area contributed by atoms with Crippen LogP contribution in [0.5, 0.6) is 0 Å². The van der Waals surface area contributed by atoms with Crippen molar-refractivity contribution >= 4 is 43.5 Å². The Morgan fingerprint density at radius 1 is 0.961 bits per heavy atom. The summed E-state index contributed by atoms with van der Waals surface area (Å²) < 4.78 is 24.8. The number of carboxylic acid groups (broad SMARTS) is 1. The zero-order valence-corrected chi connectivity index (χ0v) is 28.3. The lowest BCUT2D eigenvalue weighted by atomic mass is 10.0. The van der Waals surface area contributed by atoms with Crippen molar-refractivity contribution in [3.8, 4) is 0 Å². The van der Waals surface area contributed by atoms with Crippen LogP contribution in [0.4, 0.5) is 0 Å². The summed E-state index contributed by atoms with van der Waals surface area (Å²) in [6, 6.07) is -3.78. The Kier molecular flexibility index (Phi) is 17.5. The number of aliphatic hydroxyl groups is 2. The van der Waals surface area contributed by atoms with Crippen LogP contribution in [0.15, 0.2) is 24.0 Å². The number of phosphoric ester groups is 1. The van der Waals surface area contributed by atoms with Gasteiger partial charge in [0.1, 0.15) is 18.1 Å². The Labute approximate surface area is 290 Å². The van der Waals surface area contributed by atoms with E-state index >= 15 is 0 Å². The van der Waals surface area contributed by atoms with E-state index in [9.17, 15) is 48.7 Å². The van der Waals surface area contributed by atoms with Gasteiger partial charge in [-0.05, 0) is 51.6 Å². The molecule has 51 heavy (non-hydrogen) atoms. The summed E-state index contributed by atoms with van der Waals surface area (Å²) in [5.74, 6) is -8.71. The maximum Gasteiger partial charge on any atom is 0.525 e. The Hall–Kier alpha value is -4.60. The van der Waals surface area contributed by atoms with E-state index in [1.807, 2.05) is 0 Å². The van der Waals surface area contributed by atoms with E-state index in [2.05, 4.69) is 30.4 Å². The van der Waals surface area contributed by atoms with Gasteiger partial charge in [-0.15, -0.1) is 0 Å². The van der Waals surface area contributed by atoms with Crippen LogP contribution in [0.2, 0.25) is 0 Å². The number of rotatable bonds is 24. The van der Waals surface area contributed by atoms with Gasteiger partial charge < -0.3 is 61.7 Å². The number of phosphoric acid groups is 1. The predicted octanol–water partition coefficient (Wildman–Crippen LogP) is -2.76. The molecule has 0 fully saturated rings. The molecule has 2 heterocycles. The van der Waals surface area contributed by atoms with Gasteiger partial charge in [0.25, 0.3) is 5.76 Å². The SMILES string of the molecule is NCCCCC(NC(=O)C(Cc1cnc[nH]1)NC(=O)C(CCCCN)NC(=O)CCC(=O)OC(CO)C1OC(=O)C(OP(=O)(O)O)=C1O)C(=O)O. The number of imidazole rings is 1. The van der Waals surface area contributed by atoms with Crippen LogP contribution in [0, 0.1) is 0 Å². The average molecular weight is 750 g/mol. The number of hydrogen-bond donors (Lipinski definition) is 11. The first-order valence-corrected chi connectivity index (χ1v) is 17.3.